The number of amides is 1. The minimum atomic E-state index is -3.43. The summed E-state index contributed by atoms with van der Waals surface area (Å²) in [5.41, 5.74) is 2.19. The Morgan fingerprint density at radius 3 is 2.28 bits per heavy atom. The lowest BCUT2D eigenvalue weighted by molar-refractivity contribution is -0.132. The number of hydrogen-bond donors (Lipinski definition) is 0. The Hall–Kier alpha value is -2.44. The Labute approximate surface area is 173 Å². The topological polar surface area (TPSA) is 57.7 Å². The zero-order valence-electron chi connectivity index (χ0n) is 16.8. The molecule has 6 heteroatoms. The van der Waals surface area contributed by atoms with Gasteiger partial charge >= 0.3 is 0 Å². The summed E-state index contributed by atoms with van der Waals surface area (Å²) in [6.45, 7) is 5.64. The number of rotatable bonds is 7. The predicted octanol–water partition coefficient (Wildman–Crippen LogP) is 3.02. The molecule has 2 aromatic carbocycles. The summed E-state index contributed by atoms with van der Waals surface area (Å²) < 4.78 is 24.9. The molecule has 0 N–H and O–H groups in total. The molecule has 1 fully saturated rings. The molecule has 0 atom stereocenters. The Morgan fingerprint density at radius 2 is 1.62 bits per heavy atom. The molecular weight excluding hydrogens is 384 g/mol. The zero-order chi connectivity index (χ0) is 20.7. The summed E-state index contributed by atoms with van der Waals surface area (Å²) in [4.78, 5) is 16.8. The van der Waals surface area contributed by atoms with Crippen LogP contribution in [0, 0.1) is 6.92 Å². The molecule has 5 nitrogen and oxygen atoms in total. The number of carbonyl (C=O) groups is 1. The summed E-state index contributed by atoms with van der Waals surface area (Å²) in [6, 6.07) is 16.9. The Balaban J connectivity index is 1.43. The third kappa shape index (κ3) is 6.27. The second-order valence-corrected chi connectivity index (χ2v) is 9.49. The number of nitrogens with zero attached hydrogens (tertiary/aromatic N) is 2. The Kier molecular flexibility index (Phi) is 7.23. The molecule has 1 amide bonds. The number of benzene rings is 2. The molecule has 0 unspecified atom stereocenters. The van der Waals surface area contributed by atoms with Gasteiger partial charge in [-0.1, -0.05) is 60.2 Å². The van der Waals surface area contributed by atoms with Gasteiger partial charge in [-0.3, -0.25) is 9.69 Å². The van der Waals surface area contributed by atoms with Crippen molar-refractivity contribution < 1.29 is 13.2 Å². The van der Waals surface area contributed by atoms with Crippen LogP contribution in [0.25, 0.3) is 6.08 Å². The molecule has 1 aliphatic heterocycles. The summed E-state index contributed by atoms with van der Waals surface area (Å²) >= 11 is 0. The molecule has 0 bridgehead atoms. The first-order valence-corrected chi connectivity index (χ1v) is 11.6. The maximum absolute atomic E-state index is 12.5. The first kappa shape index (κ1) is 21.3. The molecule has 0 aromatic heterocycles. The summed E-state index contributed by atoms with van der Waals surface area (Å²) in [5.74, 6) is -0.227. The normalized spacial score (nSPS) is 15.7. The number of sulfone groups is 1. The van der Waals surface area contributed by atoms with E-state index in [9.17, 15) is 13.2 Å². The molecule has 0 spiro atoms. The van der Waals surface area contributed by atoms with E-state index >= 15 is 0 Å². The van der Waals surface area contributed by atoms with Crippen LogP contribution < -0.4 is 0 Å². The van der Waals surface area contributed by atoms with Crippen LogP contribution in [0.15, 0.2) is 65.6 Å². The first-order valence-electron chi connectivity index (χ1n) is 9.95. The van der Waals surface area contributed by atoms with Gasteiger partial charge in [0.2, 0.25) is 5.91 Å². The van der Waals surface area contributed by atoms with Gasteiger partial charge in [0.05, 0.1) is 10.6 Å². The van der Waals surface area contributed by atoms with Gasteiger partial charge in [-0.25, -0.2) is 8.42 Å². The van der Waals surface area contributed by atoms with Crippen molar-refractivity contribution in [2.24, 2.45) is 0 Å². The average molecular weight is 413 g/mol. The molecule has 0 aliphatic carbocycles. The van der Waals surface area contributed by atoms with Gasteiger partial charge in [0.15, 0.2) is 9.84 Å². The van der Waals surface area contributed by atoms with Crippen LogP contribution in [0.3, 0.4) is 0 Å². The quantitative estimate of drug-likeness (QED) is 0.702. The molecule has 3 rings (SSSR count). The molecule has 29 heavy (non-hydrogen) atoms. The number of carbonyl (C=O) groups excluding carboxylic acids is 1. The van der Waals surface area contributed by atoms with Crippen LogP contribution in [0.1, 0.15) is 17.5 Å². The Morgan fingerprint density at radius 1 is 0.966 bits per heavy atom. The van der Waals surface area contributed by atoms with Crippen LogP contribution in [-0.4, -0.2) is 62.6 Å². The Bertz CT molecular complexity index is 930. The van der Waals surface area contributed by atoms with E-state index < -0.39 is 9.84 Å². The minimum absolute atomic E-state index is 0.0319. The highest BCUT2D eigenvalue weighted by Gasteiger charge is 2.23. The highest BCUT2D eigenvalue weighted by atomic mass is 32.2. The lowest BCUT2D eigenvalue weighted by Crippen LogP contribution is -2.48. The SMILES string of the molecule is Cc1ccc(S(=O)(=O)CCC(=O)N2CCN(C/C=C/c3ccccc3)CC2)cc1. The summed E-state index contributed by atoms with van der Waals surface area (Å²) in [5, 5.41) is 0. The van der Waals surface area contributed by atoms with Crippen molar-refractivity contribution in [3.8, 4) is 0 Å². The standard InChI is InChI=1S/C23H28N2O3S/c1-20-9-11-22(12-10-20)29(27,28)19-13-23(26)25-17-15-24(16-18-25)14-5-8-21-6-3-2-4-7-21/h2-12H,13-19H2,1H3/b8-5+. The van der Waals surface area contributed by atoms with Crippen molar-refractivity contribution in [2.75, 3.05) is 38.5 Å². The first-order chi connectivity index (χ1) is 13.9. The van der Waals surface area contributed by atoms with Crippen LogP contribution in [0.4, 0.5) is 0 Å². The van der Waals surface area contributed by atoms with Crippen LogP contribution in [-0.2, 0) is 14.6 Å². The van der Waals surface area contributed by atoms with Crippen molar-refractivity contribution in [3.63, 3.8) is 0 Å². The second kappa shape index (κ2) is 9.85. The van der Waals surface area contributed by atoms with E-state index in [1.807, 2.05) is 25.1 Å². The van der Waals surface area contributed by atoms with Gasteiger partial charge in [-0.05, 0) is 24.6 Å². The van der Waals surface area contributed by atoms with Crippen molar-refractivity contribution in [3.05, 3.63) is 71.8 Å². The van der Waals surface area contributed by atoms with E-state index in [0.29, 0.717) is 13.1 Å². The largest absolute Gasteiger partial charge is 0.340 e. The number of aryl methyl sites for hydroxylation is 1. The average Bonchev–Trinajstić information content (AvgIpc) is 2.74. The van der Waals surface area contributed by atoms with E-state index in [4.69, 9.17) is 0 Å². The highest BCUT2D eigenvalue weighted by Crippen LogP contribution is 2.14. The van der Waals surface area contributed by atoms with E-state index in [0.717, 1.165) is 25.2 Å². The van der Waals surface area contributed by atoms with E-state index in [1.54, 1.807) is 29.2 Å². The molecule has 1 saturated heterocycles. The molecule has 1 heterocycles. The van der Waals surface area contributed by atoms with Crippen molar-refractivity contribution >= 4 is 21.8 Å². The third-order valence-corrected chi connectivity index (χ3v) is 6.90. The maximum Gasteiger partial charge on any atom is 0.223 e. The molecule has 0 saturated carbocycles. The minimum Gasteiger partial charge on any atom is -0.340 e. The fourth-order valence-electron chi connectivity index (χ4n) is 3.33. The van der Waals surface area contributed by atoms with Gasteiger partial charge in [-0.15, -0.1) is 0 Å². The summed E-state index contributed by atoms with van der Waals surface area (Å²) in [7, 11) is -3.43. The van der Waals surface area contributed by atoms with Crippen molar-refractivity contribution in [1.29, 1.82) is 0 Å². The number of piperazine rings is 1. The third-order valence-electron chi connectivity index (χ3n) is 5.16. The monoisotopic (exact) mass is 412 g/mol. The van der Waals surface area contributed by atoms with Crippen LogP contribution >= 0.6 is 0 Å². The van der Waals surface area contributed by atoms with Gasteiger partial charge in [0.25, 0.3) is 0 Å². The van der Waals surface area contributed by atoms with Crippen LogP contribution in [0.5, 0.6) is 0 Å². The highest BCUT2D eigenvalue weighted by molar-refractivity contribution is 7.91. The predicted molar refractivity (Wildman–Crippen MR) is 116 cm³/mol. The summed E-state index contributed by atoms with van der Waals surface area (Å²) in [6.07, 6.45) is 4.28. The number of hydrogen-bond acceptors (Lipinski definition) is 4. The zero-order valence-corrected chi connectivity index (χ0v) is 17.6. The molecule has 1 aliphatic rings. The van der Waals surface area contributed by atoms with Crippen LogP contribution in [0.2, 0.25) is 0 Å². The lowest BCUT2D eigenvalue weighted by atomic mass is 10.2. The van der Waals surface area contributed by atoms with Gasteiger partial charge in [0, 0.05) is 39.1 Å². The smallest absolute Gasteiger partial charge is 0.223 e. The van der Waals surface area contributed by atoms with Crippen molar-refractivity contribution in [2.45, 2.75) is 18.2 Å². The molecular formula is C23H28N2O3S. The van der Waals surface area contributed by atoms with E-state index in [1.165, 1.54) is 5.56 Å². The molecule has 2 aromatic rings. The fraction of sp³-hybridized carbons (Fsp3) is 0.348. The lowest BCUT2D eigenvalue weighted by Gasteiger charge is -2.34. The van der Waals surface area contributed by atoms with Gasteiger partial charge in [-0.2, -0.15) is 0 Å². The van der Waals surface area contributed by atoms with Gasteiger partial charge in [0.1, 0.15) is 0 Å². The van der Waals surface area contributed by atoms with E-state index in [-0.39, 0.29) is 23.0 Å². The van der Waals surface area contributed by atoms with E-state index in [2.05, 4.69) is 29.2 Å². The maximum atomic E-state index is 12.5. The second-order valence-electron chi connectivity index (χ2n) is 7.38. The van der Waals surface area contributed by atoms with Crippen molar-refractivity contribution in [1.82, 2.24) is 9.80 Å². The van der Waals surface area contributed by atoms with Gasteiger partial charge < -0.3 is 4.90 Å². The molecule has 154 valence electrons. The fourth-order valence-corrected chi connectivity index (χ4v) is 4.55. The molecule has 0 radical (unpaired) electrons.